The summed E-state index contributed by atoms with van der Waals surface area (Å²) in [4.78, 5) is 0. The van der Waals surface area contributed by atoms with Crippen molar-refractivity contribution in [1.82, 2.24) is 0 Å². The van der Waals surface area contributed by atoms with Crippen LogP contribution in [0.5, 0.6) is 0 Å². The van der Waals surface area contributed by atoms with Gasteiger partial charge >= 0.3 is 0 Å². The Kier molecular flexibility index (Phi) is 3.97. The Bertz CT molecular complexity index is 657. The maximum atomic E-state index is 4.38. The van der Waals surface area contributed by atoms with Gasteiger partial charge in [-0.05, 0) is 22.3 Å². The molecule has 3 aromatic carbocycles. The van der Waals surface area contributed by atoms with Crippen molar-refractivity contribution in [2.75, 3.05) is 0 Å². The Morgan fingerprint density at radius 1 is 0.571 bits per heavy atom. The Morgan fingerprint density at radius 3 is 1.38 bits per heavy atom. The highest BCUT2D eigenvalue weighted by Crippen LogP contribution is 2.36. The lowest BCUT2D eigenvalue weighted by molar-refractivity contribution is 1.05. The average Bonchev–Trinajstić information content (AvgIpc) is 2.58. The van der Waals surface area contributed by atoms with Crippen molar-refractivity contribution >= 4 is 5.57 Å². The molecular weight excluding hydrogens is 252 g/mol. The molecule has 0 N–H and O–H groups in total. The molecule has 0 aliphatic rings. The molecule has 0 amide bonds. The van der Waals surface area contributed by atoms with E-state index in [0.717, 1.165) is 5.57 Å². The second-order valence-electron chi connectivity index (χ2n) is 5.15. The van der Waals surface area contributed by atoms with E-state index in [4.69, 9.17) is 0 Å². The van der Waals surface area contributed by atoms with Crippen molar-refractivity contribution < 1.29 is 0 Å². The molecule has 3 rings (SSSR count). The topological polar surface area (TPSA) is 0 Å². The molecule has 0 heteroatoms. The highest BCUT2D eigenvalue weighted by atomic mass is 14.2. The van der Waals surface area contributed by atoms with E-state index in [9.17, 15) is 0 Å². The minimum absolute atomic E-state index is 0.190. The third-order valence-corrected chi connectivity index (χ3v) is 3.76. The maximum absolute atomic E-state index is 4.38. The Labute approximate surface area is 126 Å². The quantitative estimate of drug-likeness (QED) is 0.584. The van der Waals surface area contributed by atoms with Gasteiger partial charge in [-0.15, -0.1) is 0 Å². The van der Waals surface area contributed by atoms with Crippen LogP contribution < -0.4 is 0 Å². The lowest BCUT2D eigenvalue weighted by Crippen LogP contribution is -2.03. The summed E-state index contributed by atoms with van der Waals surface area (Å²) in [6, 6.07) is 31.6. The molecule has 0 nitrogen and oxygen atoms in total. The van der Waals surface area contributed by atoms with Gasteiger partial charge in [0.2, 0.25) is 0 Å². The van der Waals surface area contributed by atoms with Crippen molar-refractivity contribution in [3.05, 3.63) is 114 Å². The molecule has 0 unspecified atom stereocenters. The number of hydrogen-bond acceptors (Lipinski definition) is 0. The first kappa shape index (κ1) is 13.4. The normalized spacial score (nSPS) is 10.5. The maximum Gasteiger partial charge on any atom is 0.0340 e. The molecule has 0 atom stereocenters. The van der Waals surface area contributed by atoms with Crippen LogP contribution in [-0.2, 0) is 0 Å². The largest absolute Gasteiger partial charge is 0.0943 e. The molecule has 0 saturated carbocycles. The van der Waals surface area contributed by atoms with Gasteiger partial charge < -0.3 is 0 Å². The number of allylic oxidation sites excluding steroid dienone is 1. The predicted octanol–water partition coefficient (Wildman–Crippen LogP) is 5.53. The molecule has 0 heterocycles. The van der Waals surface area contributed by atoms with Crippen LogP contribution in [0.15, 0.2) is 97.6 Å². The van der Waals surface area contributed by atoms with Gasteiger partial charge in [0.15, 0.2) is 0 Å². The Morgan fingerprint density at radius 2 is 0.952 bits per heavy atom. The molecule has 3 aromatic rings. The zero-order valence-corrected chi connectivity index (χ0v) is 11.9. The van der Waals surface area contributed by atoms with E-state index in [2.05, 4.69) is 91.5 Å². The molecule has 0 spiro atoms. The molecular formula is C21H18. The van der Waals surface area contributed by atoms with Crippen LogP contribution in [0.25, 0.3) is 5.57 Å². The summed E-state index contributed by atoms with van der Waals surface area (Å²) in [6.07, 6.45) is 0. The standard InChI is InChI=1S/C21H18/c1-17(18-11-5-2-6-12-18)21(19-13-7-3-8-14-19)20-15-9-4-10-16-20/h2-16,21H,1H2. The van der Waals surface area contributed by atoms with E-state index >= 15 is 0 Å². The van der Waals surface area contributed by atoms with Gasteiger partial charge in [0.25, 0.3) is 0 Å². The van der Waals surface area contributed by atoms with Crippen LogP contribution in [0.1, 0.15) is 22.6 Å². The first-order chi connectivity index (χ1) is 10.4. The third-order valence-electron chi connectivity index (χ3n) is 3.76. The summed E-state index contributed by atoms with van der Waals surface area (Å²) in [5.41, 5.74) is 4.87. The van der Waals surface area contributed by atoms with Gasteiger partial charge in [-0.2, -0.15) is 0 Å². The molecule has 0 radical (unpaired) electrons. The fourth-order valence-electron chi connectivity index (χ4n) is 2.70. The zero-order valence-electron chi connectivity index (χ0n) is 11.9. The monoisotopic (exact) mass is 270 g/mol. The predicted molar refractivity (Wildman–Crippen MR) is 90.2 cm³/mol. The summed E-state index contributed by atoms with van der Waals surface area (Å²) >= 11 is 0. The van der Waals surface area contributed by atoms with Gasteiger partial charge in [0.1, 0.15) is 0 Å². The van der Waals surface area contributed by atoms with Gasteiger partial charge in [-0.1, -0.05) is 97.6 Å². The third kappa shape index (κ3) is 2.95. The molecule has 0 fully saturated rings. The van der Waals surface area contributed by atoms with E-state index in [-0.39, 0.29) is 5.92 Å². The van der Waals surface area contributed by atoms with Gasteiger partial charge in [-0.25, -0.2) is 0 Å². The summed E-state index contributed by atoms with van der Waals surface area (Å²) < 4.78 is 0. The summed E-state index contributed by atoms with van der Waals surface area (Å²) in [7, 11) is 0. The van der Waals surface area contributed by atoms with Crippen molar-refractivity contribution in [2.45, 2.75) is 5.92 Å². The van der Waals surface area contributed by atoms with Crippen LogP contribution in [0.4, 0.5) is 0 Å². The Balaban J connectivity index is 2.07. The lowest BCUT2D eigenvalue weighted by atomic mass is 9.82. The first-order valence-corrected chi connectivity index (χ1v) is 7.20. The van der Waals surface area contributed by atoms with Crippen molar-refractivity contribution in [1.29, 1.82) is 0 Å². The van der Waals surface area contributed by atoms with E-state index in [1.54, 1.807) is 0 Å². The lowest BCUT2D eigenvalue weighted by Gasteiger charge is -2.21. The smallest absolute Gasteiger partial charge is 0.0340 e. The molecule has 0 aromatic heterocycles. The van der Waals surface area contributed by atoms with Crippen LogP contribution in [0.3, 0.4) is 0 Å². The first-order valence-electron chi connectivity index (χ1n) is 7.20. The minimum atomic E-state index is 0.190. The van der Waals surface area contributed by atoms with E-state index in [1.807, 2.05) is 6.07 Å². The van der Waals surface area contributed by atoms with Crippen LogP contribution in [-0.4, -0.2) is 0 Å². The number of hydrogen-bond donors (Lipinski definition) is 0. The van der Waals surface area contributed by atoms with Crippen LogP contribution in [0.2, 0.25) is 0 Å². The second-order valence-corrected chi connectivity index (χ2v) is 5.15. The highest BCUT2D eigenvalue weighted by Gasteiger charge is 2.18. The van der Waals surface area contributed by atoms with Crippen molar-refractivity contribution in [3.8, 4) is 0 Å². The molecule has 0 aliphatic carbocycles. The van der Waals surface area contributed by atoms with E-state index < -0.39 is 0 Å². The number of rotatable bonds is 4. The second kappa shape index (κ2) is 6.23. The fraction of sp³-hybridized carbons (Fsp3) is 0.0476. The molecule has 21 heavy (non-hydrogen) atoms. The van der Waals surface area contributed by atoms with Gasteiger partial charge in [-0.3, -0.25) is 0 Å². The van der Waals surface area contributed by atoms with Crippen LogP contribution >= 0.6 is 0 Å². The Hall–Kier alpha value is -2.60. The van der Waals surface area contributed by atoms with E-state index in [1.165, 1.54) is 16.7 Å². The molecule has 0 aliphatic heterocycles. The van der Waals surface area contributed by atoms with Crippen molar-refractivity contribution in [2.24, 2.45) is 0 Å². The minimum Gasteiger partial charge on any atom is -0.0943 e. The summed E-state index contributed by atoms with van der Waals surface area (Å²) in [5.74, 6) is 0.190. The highest BCUT2D eigenvalue weighted by molar-refractivity contribution is 5.73. The average molecular weight is 270 g/mol. The van der Waals surface area contributed by atoms with Crippen LogP contribution in [0, 0.1) is 0 Å². The fourth-order valence-corrected chi connectivity index (χ4v) is 2.70. The molecule has 0 bridgehead atoms. The summed E-state index contributed by atoms with van der Waals surface area (Å²) in [6.45, 7) is 4.38. The number of benzene rings is 3. The molecule has 102 valence electrons. The van der Waals surface area contributed by atoms with E-state index in [0.29, 0.717) is 0 Å². The van der Waals surface area contributed by atoms with Gasteiger partial charge in [0, 0.05) is 5.92 Å². The van der Waals surface area contributed by atoms with Gasteiger partial charge in [0.05, 0.1) is 0 Å². The zero-order chi connectivity index (χ0) is 14.5. The molecule has 0 saturated heterocycles. The summed E-state index contributed by atoms with van der Waals surface area (Å²) in [5, 5.41) is 0. The SMILES string of the molecule is C=C(c1ccccc1)C(c1ccccc1)c1ccccc1. The van der Waals surface area contributed by atoms with Crippen molar-refractivity contribution in [3.63, 3.8) is 0 Å².